The number of anilines is 1. The van der Waals surface area contributed by atoms with E-state index < -0.39 is 20.5 Å². The summed E-state index contributed by atoms with van der Waals surface area (Å²) in [6, 6.07) is 4.55. The van der Waals surface area contributed by atoms with Crippen molar-refractivity contribution in [3.63, 3.8) is 0 Å². The molecule has 2 atom stereocenters. The molecular formula is C23H29FN4O4S. The van der Waals surface area contributed by atoms with Gasteiger partial charge in [-0.15, -0.1) is 0 Å². The molecular weight excluding hydrogens is 447 g/mol. The van der Waals surface area contributed by atoms with Gasteiger partial charge in [-0.05, 0) is 52.5 Å². The van der Waals surface area contributed by atoms with Crippen LogP contribution in [0.15, 0.2) is 35.5 Å². The highest BCUT2D eigenvalue weighted by atomic mass is 32.2. The Kier molecular flexibility index (Phi) is 6.09. The molecule has 1 unspecified atom stereocenters. The molecule has 33 heavy (non-hydrogen) atoms. The maximum Gasteiger partial charge on any atom is 0.215 e. The third-order valence-electron chi connectivity index (χ3n) is 5.98. The van der Waals surface area contributed by atoms with Crippen molar-refractivity contribution in [1.29, 1.82) is 0 Å². The minimum Gasteiger partial charge on any atom is -0.495 e. The summed E-state index contributed by atoms with van der Waals surface area (Å²) < 4.78 is 46.7. The number of hydrogen-bond donors (Lipinski definition) is 2. The van der Waals surface area contributed by atoms with E-state index in [9.17, 15) is 17.9 Å². The highest BCUT2D eigenvalue weighted by Crippen LogP contribution is 2.35. The van der Waals surface area contributed by atoms with E-state index in [-0.39, 0.29) is 22.8 Å². The fraction of sp³-hybridized carbons (Fsp3) is 0.478. The number of aromatic nitrogens is 3. The van der Waals surface area contributed by atoms with Crippen LogP contribution in [0.1, 0.15) is 46.5 Å². The second kappa shape index (κ2) is 8.57. The van der Waals surface area contributed by atoms with Gasteiger partial charge in [-0.1, -0.05) is 0 Å². The van der Waals surface area contributed by atoms with Gasteiger partial charge in [0.25, 0.3) is 0 Å². The summed E-state index contributed by atoms with van der Waals surface area (Å²) in [5, 5.41) is 13.1. The minimum atomic E-state index is -3.72. The predicted molar refractivity (Wildman–Crippen MR) is 124 cm³/mol. The van der Waals surface area contributed by atoms with Gasteiger partial charge in [0.1, 0.15) is 22.1 Å². The Labute approximate surface area is 192 Å². The molecule has 1 saturated carbocycles. The Morgan fingerprint density at radius 2 is 2.00 bits per heavy atom. The molecule has 0 saturated heterocycles. The van der Waals surface area contributed by atoms with Gasteiger partial charge in [0.2, 0.25) is 5.95 Å². The monoisotopic (exact) mass is 476 g/mol. The lowest BCUT2D eigenvalue weighted by Crippen LogP contribution is -2.30. The molecule has 1 aliphatic rings. The number of nitrogens with one attached hydrogen (secondary N) is 1. The van der Waals surface area contributed by atoms with Gasteiger partial charge >= 0.3 is 0 Å². The summed E-state index contributed by atoms with van der Waals surface area (Å²) >= 11 is 0. The van der Waals surface area contributed by atoms with Gasteiger partial charge in [0, 0.05) is 29.9 Å². The summed E-state index contributed by atoms with van der Waals surface area (Å²) in [5.41, 5.74) is 1.49. The minimum absolute atomic E-state index is 0.00544. The zero-order valence-corrected chi connectivity index (χ0v) is 20.0. The maximum atomic E-state index is 14.4. The molecule has 4 rings (SSSR count). The first-order chi connectivity index (χ1) is 15.5. The van der Waals surface area contributed by atoms with Crippen LogP contribution >= 0.6 is 0 Å². The average Bonchev–Trinajstić information content (AvgIpc) is 3.14. The first-order valence-electron chi connectivity index (χ1n) is 10.9. The van der Waals surface area contributed by atoms with Crippen molar-refractivity contribution >= 4 is 21.3 Å². The zero-order valence-electron chi connectivity index (χ0n) is 19.2. The fourth-order valence-corrected chi connectivity index (χ4v) is 5.43. The maximum absolute atomic E-state index is 14.4. The standard InChI is InChI=1S/C23H29FN4O4S/c1-23(2,3)33(30,31)19-13-28-17(12-25-22(28)11-18(19)32-4)14-8-20(24)27-21(9-14)26-15-6-5-7-16(29)10-15/h8-9,11-13,15-16,29H,5-7,10H2,1-4H3,(H,26,27)/t15?,16-/m1/s1. The van der Waals surface area contributed by atoms with Crippen LogP contribution < -0.4 is 10.1 Å². The molecule has 0 aromatic carbocycles. The highest BCUT2D eigenvalue weighted by Gasteiger charge is 2.34. The Morgan fingerprint density at radius 1 is 1.24 bits per heavy atom. The highest BCUT2D eigenvalue weighted by molar-refractivity contribution is 7.92. The van der Waals surface area contributed by atoms with Crippen LogP contribution in [0.5, 0.6) is 5.75 Å². The summed E-state index contributed by atoms with van der Waals surface area (Å²) in [7, 11) is -2.31. The van der Waals surface area contributed by atoms with Crippen molar-refractivity contribution in [3.8, 4) is 17.0 Å². The number of halogens is 1. The van der Waals surface area contributed by atoms with Crippen LogP contribution in [0.25, 0.3) is 16.9 Å². The topological polar surface area (TPSA) is 106 Å². The van der Waals surface area contributed by atoms with E-state index in [0.29, 0.717) is 29.1 Å². The molecule has 3 aromatic heterocycles. The number of aliphatic hydroxyl groups is 1. The van der Waals surface area contributed by atoms with Crippen LogP contribution in [0, 0.1) is 5.95 Å². The molecule has 0 bridgehead atoms. The third kappa shape index (κ3) is 4.54. The van der Waals surface area contributed by atoms with Gasteiger partial charge < -0.3 is 15.2 Å². The quantitative estimate of drug-likeness (QED) is 0.539. The number of nitrogens with zero attached hydrogens (tertiary/aromatic N) is 3. The Hall–Kier alpha value is -2.72. The third-order valence-corrected chi connectivity index (χ3v) is 8.48. The van der Waals surface area contributed by atoms with Crippen LogP contribution in [0.2, 0.25) is 0 Å². The molecule has 0 spiro atoms. The SMILES string of the molecule is COc1cc2ncc(-c3cc(F)nc(NC4CCC[C@@H](O)C4)c3)n2cc1S(=O)(=O)C(C)(C)C. The lowest BCUT2D eigenvalue weighted by Gasteiger charge is -2.27. The molecule has 10 heteroatoms. The molecule has 1 fully saturated rings. The summed E-state index contributed by atoms with van der Waals surface area (Å²) in [6.45, 7) is 4.87. The summed E-state index contributed by atoms with van der Waals surface area (Å²) in [4.78, 5) is 8.36. The van der Waals surface area contributed by atoms with Crippen LogP contribution in [0.4, 0.5) is 10.2 Å². The molecule has 3 heterocycles. The number of aliphatic hydroxyl groups excluding tert-OH is 1. The van der Waals surface area contributed by atoms with E-state index >= 15 is 0 Å². The molecule has 0 radical (unpaired) electrons. The van der Waals surface area contributed by atoms with E-state index in [1.54, 1.807) is 43.5 Å². The van der Waals surface area contributed by atoms with Crippen LogP contribution in [0.3, 0.4) is 0 Å². The van der Waals surface area contributed by atoms with Crippen molar-refractivity contribution in [2.24, 2.45) is 0 Å². The van der Waals surface area contributed by atoms with E-state index in [0.717, 1.165) is 19.3 Å². The van der Waals surface area contributed by atoms with E-state index in [2.05, 4.69) is 15.3 Å². The number of methoxy groups -OCH3 is 1. The smallest absolute Gasteiger partial charge is 0.215 e. The summed E-state index contributed by atoms with van der Waals surface area (Å²) in [6.07, 6.45) is 5.77. The van der Waals surface area contributed by atoms with Crippen LogP contribution in [-0.4, -0.2) is 51.9 Å². The number of rotatable bonds is 5. The number of hydrogen-bond acceptors (Lipinski definition) is 7. The molecule has 2 N–H and O–H groups in total. The van der Waals surface area contributed by atoms with Gasteiger partial charge in [-0.25, -0.2) is 18.4 Å². The molecule has 3 aromatic rings. The average molecular weight is 477 g/mol. The second-order valence-electron chi connectivity index (χ2n) is 9.42. The van der Waals surface area contributed by atoms with Gasteiger partial charge in [-0.3, -0.25) is 4.40 Å². The molecule has 8 nitrogen and oxygen atoms in total. The Morgan fingerprint density at radius 3 is 2.67 bits per heavy atom. The van der Waals surface area contributed by atoms with E-state index in [4.69, 9.17) is 4.74 Å². The van der Waals surface area contributed by atoms with Crippen molar-refractivity contribution in [2.45, 2.75) is 68.2 Å². The number of ether oxygens (including phenoxy) is 1. The van der Waals surface area contributed by atoms with Gasteiger partial charge in [0.15, 0.2) is 9.84 Å². The molecule has 0 amide bonds. The van der Waals surface area contributed by atoms with Gasteiger partial charge in [0.05, 0.1) is 29.9 Å². The van der Waals surface area contributed by atoms with E-state index in [1.165, 1.54) is 19.4 Å². The van der Waals surface area contributed by atoms with Crippen molar-refractivity contribution < 1.29 is 22.7 Å². The zero-order chi connectivity index (χ0) is 24.0. The largest absolute Gasteiger partial charge is 0.495 e. The fourth-order valence-electron chi connectivity index (χ4n) is 4.11. The lowest BCUT2D eigenvalue weighted by molar-refractivity contribution is 0.124. The number of sulfone groups is 1. The molecule has 0 aliphatic heterocycles. The normalized spacial score (nSPS) is 19.6. The number of imidazole rings is 1. The molecule has 178 valence electrons. The van der Waals surface area contributed by atoms with Crippen molar-refractivity contribution in [2.75, 3.05) is 12.4 Å². The lowest BCUT2D eigenvalue weighted by atomic mass is 9.93. The second-order valence-corrected chi connectivity index (χ2v) is 12.1. The Balaban J connectivity index is 1.79. The molecule has 1 aliphatic carbocycles. The number of fused-ring (bicyclic) bond motifs is 1. The number of pyridine rings is 2. The van der Waals surface area contributed by atoms with E-state index in [1.807, 2.05) is 0 Å². The first kappa shape index (κ1) is 23.4. The van der Waals surface area contributed by atoms with Gasteiger partial charge in [-0.2, -0.15) is 4.39 Å². The van der Waals surface area contributed by atoms with Crippen LogP contribution in [-0.2, 0) is 9.84 Å². The first-order valence-corrected chi connectivity index (χ1v) is 12.4. The summed E-state index contributed by atoms with van der Waals surface area (Å²) in [5.74, 6) is -0.110. The predicted octanol–water partition coefficient (Wildman–Crippen LogP) is 3.83. The van der Waals surface area contributed by atoms with Crippen molar-refractivity contribution in [1.82, 2.24) is 14.4 Å². The Bertz CT molecular complexity index is 1280. The van der Waals surface area contributed by atoms with Crippen molar-refractivity contribution in [3.05, 3.63) is 36.5 Å².